The van der Waals surface area contributed by atoms with E-state index < -0.39 is 12.3 Å². The largest absolute Gasteiger partial charge is 0.460 e. The molecule has 0 aliphatic carbocycles. The number of hydrogen-bond donors (Lipinski definition) is 0. The summed E-state index contributed by atoms with van der Waals surface area (Å²) >= 11 is 3.48. The molecule has 3 aromatic rings. The van der Waals surface area contributed by atoms with Crippen LogP contribution in [0.5, 0.6) is 5.75 Å². The normalized spacial score (nSPS) is 15.8. The first kappa shape index (κ1) is 16.9. The molecule has 0 saturated carbocycles. The molecule has 1 aliphatic heterocycles. The van der Waals surface area contributed by atoms with Crippen molar-refractivity contribution in [2.75, 3.05) is 0 Å². The average Bonchev–Trinajstić information content (AvgIpc) is 3.21. The van der Waals surface area contributed by atoms with Crippen LogP contribution in [-0.2, 0) is 22.7 Å². The fourth-order valence-electron chi connectivity index (χ4n) is 2.77. The summed E-state index contributed by atoms with van der Waals surface area (Å²) in [5.41, 5.74) is 2.59. The molecule has 0 bridgehead atoms. The first-order valence-electron chi connectivity index (χ1n) is 8.06. The minimum absolute atomic E-state index is 0.0722. The van der Waals surface area contributed by atoms with Gasteiger partial charge in [-0.3, -0.25) is 0 Å². The van der Waals surface area contributed by atoms with E-state index in [2.05, 4.69) is 15.9 Å². The molecule has 26 heavy (non-hydrogen) atoms. The van der Waals surface area contributed by atoms with Crippen LogP contribution in [0.4, 0.5) is 0 Å². The standard InChI is InChI=1S/C20H15BrO5/c21-16-9-14(11-24-19(22)17-7-4-8-23-17)18-15(10-16)12-25-20(26-18)13-5-2-1-3-6-13/h1-10,20H,11-12H2. The number of benzene rings is 2. The third kappa shape index (κ3) is 3.52. The molecule has 2 heterocycles. The first-order chi connectivity index (χ1) is 12.7. The lowest BCUT2D eigenvalue weighted by atomic mass is 10.1. The Morgan fingerprint density at radius 2 is 2.00 bits per heavy atom. The Kier molecular flexibility index (Phi) is 4.77. The molecule has 0 radical (unpaired) electrons. The highest BCUT2D eigenvalue weighted by molar-refractivity contribution is 9.10. The third-order valence-corrected chi connectivity index (χ3v) is 4.43. The van der Waals surface area contributed by atoms with Crippen LogP contribution in [0.25, 0.3) is 0 Å². The molecule has 6 heteroatoms. The molecule has 0 amide bonds. The number of fused-ring (bicyclic) bond motifs is 1. The van der Waals surface area contributed by atoms with Gasteiger partial charge in [-0.15, -0.1) is 0 Å². The molecule has 1 aromatic heterocycles. The molecule has 0 saturated heterocycles. The molecule has 0 N–H and O–H groups in total. The molecular formula is C20H15BrO5. The van der Waals surface area contributed by atoms with Crippen molar-refractivity contribution in [2.24, 2.45) is 0 Å². The molecule has 1 unspecified atom stereocenters. The summed E-state index contributed by atoms with van der Waals surface area (Å²) in [4.78, 5) is 12.0. The number of rotatable bonds is 4. The van der Waals surface area contributed by atoms with Gasteiger partial charge in [-0.1, -0.05) is 46.3 Å². The van der Waals surface area contributed by atoms with Crippen molar-refractivity contribution in [1.82, 2.24) is 0 Å². The molecule has 132 valence electrons. The zero-order valence-corrected chi connectivity index (χ0v) is 15.3. The van der Waals surface area contributed by atoms with Gasteiger partial charge in [0, 0.05) is 21.2 Å². The highest BCUT2D eigenvalue weighted by Gasteiger charge is 2.25. The molecule has 0 fully saturated rings. The van der Waals surface area contributed by atoms with Crippen molar-refractivity contribution in [3.63, 3.8) is 0 Å². The summed E-state index contributed by atoms with van der Waals surface area (Å²) in [6.07, 6.45) is 0.937. The van der Waals surface area contributed by atoms with Crippen LogP contribution in [0.2, 0.25) is 0 Å². The fourth-order valence-corrected chi connectivity index (χ4v) is 3.32. The lowest BCUT2D eigenvalue weighted by Crippen LogP contribution is -2.19. The molecule has 0 spiro atoms. The van der Waals surface area contributed by atoms with Gasteiger partial charge in [0.1, 0.15) is 12.4 Å². The summed E-state index contributed by atoms with van der Waals surface area (Å²) in [5.74, 6) is 0.330. The van der Waals surface area contributed by atoms with Gasteiger partial charge in [0.2, 0.25) is 12.1 Å². The van der Waals surface area contributed by atoms with Crippen molar-refractivity contribution in [1.29, 1.82) is 0 Å². The van der Waals surface area contributed by atoms with E-state index in [1.165, 1.54) is 6.26 Å². The predicted molar refractivity (Wildman–Crippen MR) is 96.6 cm³/mol. The summed E-state index contributed by atoms with van der Waals surface area (Å²) in [5, 5.41) is 0. The Hall–Kier alpha value is -2.57. The highest BCUT2D eigenvalue weighted by Crippen LogP contribution is 2.38. The van der Waals surface area contributed by atoms with Gasteiger partial charge >= 0.3 is 5.97 Å². The Morgan fingerprint density at radius 3 is 2.77 bits per heavy atom. The van der Waals surface area contributed by atoms with Crippen LogP contribution in [0.3, 0.4) is 0 Å². The highest BCUT2D eigenvalue weighted by atomic mass is 79.9. The summed E-state index contributed by atoms with van der Waals surface area (Å²) in [7, 11) is 0. The van der Waals surface area contributed by atoms with Gasteiger partial charge in [-0.25, -0.2) is 4.79 Å². The van der Waals surface area contributed by atoms with Gasteiger partial charge in [0.15, 0.2) is 0 Å². The number of carbonyl (C=O) groups is 1. The minimum Gasteiger partial charge on any atom is -0.460 e. The lowest BCUT2D eigenvalue weighted by Gasteiger charge is -2.28. The number of furan rings is 1. The Labute approximate surface area is 158 Å². The summed E-state index contributed by atoms with van der Waals surface area (Å²) in [6.45, 7) is 0.482. The van der Waals surface area contributed by atoms with Crippen LogP contribution >= 0.6 is 15.9 Å². The van der Waals surface area contributed by atoms with Crippen molar-refractivity contribution in [3.05, 3.63) is 87.8 Å². The van der Waals surface area contributed by atoms with Crippen molar-refractivity contribution in [2.45, 2.75) is 19.5 Å². The van der Waals surface area contributed by atoms with E-state index in [9.17, 15) is 4.79 Å². The quantitative estimate of drug-likeness (QED) is 0.561. The van der Waals surface area contributed by atoms with Gasteiger partial charge in [-0.2, -0.15) is 0 Å². The van der Waals surface area contributed by atoms with Crippen LogP contribution in [-0.4, -0.2) is 5.97 Å². The molecule has 5 nitrogen and oxygen atoms in total. The fraction of sp³-hybridized carbons (Fsp3) is 0.150. The van der Waals surface area contributed by atoms with Gasteiger partial charge in [0.25, 0.3) is 0 Å². The monoisotopic (exact) mass is 414 g/mol. The van der Waals surface area contributed by atoms with Crippen molar-refractivity contribution < 1.29 is 23.4 Å². The zero-order chi connectivity index (χ0) is 17.9. The van der Waals surface area contributed by atoms with E-state index in [1.54, 1.807) is 12.1 Å². The third-order valence-electron chi connectivity index (χ3n) is 3.98. The second-order valence-corrected chi connectivity index (χ2v) is 6.69. The number of ether oxygens (including phenoxy) is 3. The van der Waals surface area contributed by atoms with Gasteiger partial charge in [0.05, 0.1) is 12.9 Å². The Morgan fingerprint density at radius 1 is 1.15 bits per heavy atom. The average molecular weight is 415 g/mol. The van der Waals surface area contributed by atoms with Gasteiger partial charge < -0.3 is 18.6 Å². The SMILES string of the molecule is O=C(OCc1cc(Br)cc2c1OC(c1ccccc1)OC2)c1ccco1. The van der Waals surface area contributed by atoms with E-state index in [0.717, 1.165) is 21.2 Å². The number of carbonyl (C=O) groups excluding carboxylic acids is 1. The maximum absolute atomic E-state index is 12.0. The molecule has 4 rings (SSSR count). The molecule has 1 aliphatic rings. The molecular weight excluding hydrogens is 400 g/mol. The summed E-state index contributed by atoms with van der Waals surface area (Å²) in [6, 6.07) is 16.7. The van der Waals surface area contributed by atoms with Crippen molar-refractivity contribution in [3.8, 4) is 5.75 Å². The second-order valence-electron chi connectivity index (χ2n) is 5.78. The zero-order valence-electron chi connectivity index (χ0n) is 13.7. The molecule has 1 atom stereocenters. The van der Waals surface area contributed by atoms with Crippen LogP contribution in [0.1, 0.15) is 33.5 Å². The maximum atomic E-state index is 12.0. The van der Waals surface area contributed by atoms with E-state index >= 15 is 0 Å². The lowest BCUT2D eigenvalue weighted by molar-refractivity contribution is -0.112. The van der Waals surface area contributed by atoms with E-state index in [4.69, 9.17) is 18.6 Å². The smallest absolute Gasteiger partial charge is 0.374 e. The van der Waals surface area contributed by atoms with E-state index in [-0.39, 0.29) is 12.4 Å². The minimum atomic E-state index is -0.518. The van der Waals surface area contributed by atoms with Gasteiger partial charge in [-0.05, 0) is 24.3 Å². The topological polar surface area (TPSA) is 57.9 Å². The predicted octanol–water partition coefficient (Wildman–Crippen LogP) is 5.01. The van der Waals surface area contributed by atoms with Crippen LogP contribution in [0.15, 0.2) is 69.8 Å². The number of hydrogen-bond acceptors (Lipinski definition) is 5. The van der Waals surface area contributed by atoms with Crippen LogP contribution < -0.4 is 4.74 Å². The van der Waals surface area contributed by atoms with E-state index in [1.807, 2.05) is 42.5 Å². The number of esters is 1. The Bertz CT molecular complexity index is 905. The Balaban J connectivity index is 1.56. The number of halogens is 1. The second kappa shape index (κ2) is 7.35. The van der Waals surface area contributed by atoms with Crippen molar-refractivity contribution >= 4 is 21.9 Å². The molecule has 2 aromatic carbocycles. The summed E-state index contributed by atoms with van der Waals surface area (Å²) < 4.78 is 23.2. The van der Waals surface area contributed by atoms with E-state index in [0.29, 0.717) is 12.4 Å². The van der Waals surface area contributed by atoms with Crippen LogP contribution in [0, 0.1) is 0 Å². The maximum Gasteiger partial charge on any atom is 0.374 e. The first-order valence-corrected chi connectivity index (χ1v) is 8.85.